The summed E-state index contributed by atoms with van der Waals surface area (Å²) in [5.74, 6) is 0.523. The second kappa shape index (κ2) is 6.75. The zero-order valence-electron chi connectivity index (χ0n) is 13.6. The van der Waals surface area contributed by atoms with Crippen molar-refractivity contribution in [2.75, 3.05) is 19.6 Å². The Morgan fingerprint density at radius 3 is 2.71 bits per heavy atom. The summed E-state index contributed by atoms with van der Waals surface area (Å²) in [5.41, 5.74) is 6.28. The maximum atomic E-state index is 12.9. The lowest BCUT2D eigenvalue weighted by atomic mass is 9.90. The summed E-state index contributed by atoms with van der Waals surface area (Å²) in [7, 11) is -1.83. The Balaban J connectivity index is 0.00000208. The maximum absolute atomic E-state index is 12.9. The third-order valence-corrected chi connectivity index (χ3v) is 6.21. The lowest BCUT2D eigenvalue weighted by Crippen LogP contribution is -2.34. The minimum atomic E-state index is -3.55. The van der Waals surface area contributed by atoms with Crippen LogP contribution in [0.1, 0.15) is 13.3 Å². The number of benzene rings is 1. The van der Waals surface area contributed by atoms with Crippen LogP contribution in [0.5, 0.6) is 0 Å². The van der Waals surface area contributed by atoms with Gasteiger partial charge < -0.3 is 5.73 Å². The van der Waals surface area contributed by atoms with Gasteiger partial charge in [-0.3, -0.25) is 0 Å². The van der Waals surface area contributed by atoms with E-state index < -0.39 is 10.0 Å². The molecule has 0 bridgehead atoms. The summed E-state index contributed by atoms with van der Waals surface area (Å²) in [6, 6.07) is 6.70. The fraction of sp³-hybridized carbons (Fsp3) is 0.500. The minimum absolute atomic E-state index is 0. The number of aromatic nitrogens is 4. The van der Waals surface area contributed by atoms with Gasteiger partial charge in [-0.05, 0) is 40.9 Å². The number of rotatable bonds is 4. The number of halogens is 1. The molecule has 1 fully saturated rings. The molecule has 1 aromatic carbocycles. The van der Waals surface area contributed by atoms with Crippen LogP contribution in [0, 0.1) is 5.41 Å². The van der Waals surface area contributed by atoms with E-state index in [0.717, 1.165) is 6.42 Å². The van der Waals surface area contributed by atoms with E-state index >= 15 is 0 Å². The number of hydrogen-bond acceptors (Lipinski definition) is 6. The van der Waals surface area contributed by atoms with Crippen molar-refractivity contribution in [2.24, 2.45) is 18.2 Å². The Labute approximate surface area is 147 Å². The third-order valence-electron chi connectivity index (χ3n) is 4.37. The van der Waals surface area contributed by atoms with E-state index in [0.29, 0.717) is 31.0 Å². The van der Waals surface area contributed by atoms with Gasteiger partial charge in [0.15, 0.2) is 5.82 Å². The van der Waals surface area contributed by atoms with E-state index in [2.05, 4.69) is 15.5 Å². The molecule has 8 nitrogen and oxygen atoms in total. The molecular weight excluding hydrogens is 352 g/mol. The number of nitrogens with zero attached hydrogens (tertiary/aromatic N) is 5. The smallest absolute Gasteiger partial charge is 0.243 e. The predicted molar refractivity (Wildman–Crippen MR) is 92.0 cm³/mol. The monoisotopic (exact) mass is 372 g/mol. The minimum Gasteiger partial charge on any atom is -0.330 e. The van der Waals surface area contributed by atoms with Crippen molar-refractivity contribution in [3.05, 3.63) is 24.3 Å². The van der Waals surface area contributed by atoms with E-state index in [1.807, 2.05) is 6.92 Å². The molecule has 2 aromatic rings. The lowest BCUT2D eigenvalue weighted by Gasteiger charge is -2.22. The highest BCUT2D eigenvalue weighted by atomic mass is 35.5. The highest BCUT2D eigenvalue weighted by Gasteiger charge is 2.39. The fourth-order valence-electron chi connectivity index (χ4n) is 2.77. The number of aryl methyl sites for hydroxylation is 1. The second-order valence-corrected chi connectivity index (χ2v) is 8.20. The van der Waals surface area contributed by atoms with Crippen LogP contribution in [0.2, 0.25) is 0 Å². The van der Waals surface area contributed by atoms with Gasteiger partial charge in [0.2, 0.25) is 10.0 Å². The first-order chi connectivity index (χ1) is 10.9. The first kappa shape index (κ1) is 18.8. The van der Waals surface area contributed by atoms with Gasteiger partial charge >= 0.3 is 0 Å². The Hall–Kier alpha value is -1.55. The number of sulfonamides is 1. The van der Waals surface area contributed by atoms with Crippen molar-refractivity contribution in [2.45, 2.75) is 18.2 Å². The summed E-state index contributed by atoms with van der Waals surface area (Å²) in [6.07, 6.45) is 0.773. The average Bonchev–Trinajstić information content (AvgIpc) is 3.14. The van der Waals surface area contributed by atoms with Crippen molar-refractivity contribution in [3.63, 3.8) is 0 Å². The van der Waals surface area contributed by atoms with E-state index in [-0.39, 0.29) is 22.7 Å². The van der Waals surface area contributed by atoms with Crippen molar-refractivity contribution in [3.8, 4) is 11.4 Å². The largest absolute Gasteiger partial charge is 0.330 e. The topological polar surface area (TPSA) is 107 Å². The Morgan fingerprint density at radius 2 is 2.12 bits per heavy atom. The molecule has 1 aromatic heterocycles. The van der Waals surface area contributed by atoms with Crippen LogP contribution in [0.4, 0.5) is 0 Å². The molecule has 0 aliphatic carbocycles. The highest BCUT2D eigenvalue weighted by Crippen LogP contribution is 2.33. The fourth-order valence-corrected chi connectivity index (χ4v) is 4.41. The molecular formula is C14H21ClN6O2S. The van der Waals surface area contributed by atoms with Gasteiger partial charge in [-0.1, -0.05) is 19.1 Å². The normalized spacial score (nSPS) is 21.6. The molecule has 24 heavy (non-hydrogen) atoms. The molecule has 1 aliphatic heterocycles. The van der Waals surface area contributed by atoms with Gasteiger partial charge in [0.1, 0.15) is 0 Å². The molecule has 132 valence electrons. The summed E-state index contributed by atoms with van der Waals surface area (Å²) < 4.78 is 28.8. The Bertz CT molecular complexity index is 824. The molecule has 10 heteroatoms. The molecule has 0 amide bonds. The standard InChI is InChI=1S/C14H20N6O2S.ClH/c1-14(9-15)6-7-20(10-14)23(21,22)12-5-3-4-11(8-12)13-16-17-18-19(13)2;/h3-5,8H,6-7,9-10,15H2,1-2H3;1H. The van der Waals surface area contributed by atoms with Crippen LogP contribution < -0.4 is 5.73 Å². The molecule has 3 rings (SSSR count). The van der Waals surface area contributed by atoms with Gasteiger partial charge in [0.25, 0.3) is 0 Å². The quantitative estimate of drug-likeness (QED) is 0.844. The van der Waals surface area contributed by atoms with E-state index in [1.165, 1.54) is 8.99 Å². The van der Waals surface area contributed by atoms with Crippen molar-refractivity contribution < 1.29 is 8.42 Å². The van der Waals surface area contributed by atoms with Gasteiger partial charge in [-0.15, -0.1) is 17.5 Å². The van der Waals surface area contributed by atoms with Crippen molar-refractivity contribution >= 4 is 22.4 Å². The Kier molecular flexibility index (Phi) is 5.28. The van der Waals surface area contributed by atoms with Crippen LogP contribution in [-0.2, 0) is 17.1 Å². The lowest BCUT2D eigenvalue weighted by molar-refractivity contribution is 0.349. The number of hydrogen-bond donors (Lipinski definition) is 1. The molecule has 1 aliphatic rings. The SMILES string of the molecule is Cl.Cn1nnnc1-c1cccc(S(=O)(=O)N2CCC(C)(CN)C2)c1. The van der Waals surface area contributed by atoms with Gasteiger partial charge in [-0.2, -0.15) is 4.31 Å². The molecule has 0 saturated carbocycles. The first-order valence-electron chi connectivity index (χ1n) is 7.39. The van der Waals surface area contributed by atoms with Crippen molar-refractivity contribution in [1.29, 1.82) is 0 Å². The predicted octanol–water partition coefficient (Wildman–Crippen LogP) is 0.658. The van der Waals surface area contributed by atoms with E-state index in [9.17, 15) is 8.42 Å². The molecule has 2 heterocycles. The molecule has 1 saturated heterocycles. The maximum Gasteiger partial charge on any atom is 0.243 e. The van der Waals surface area contributed by atoms with Gasteiger partial charge in [-0.25, -0.2) is 13.1 Å². The molecule has 1 atom stereocenters. The molecule has 0 radical (unpaired) electrons. The van der Waals surface area contributed by atoms with E-state index in [4.69, 9.17) is 5.73 Å². The third kappa shape index (κ3) is 3.30. The molecule has 0 spiro atoms. The molecule has 2 N–H and O–H groups in total. The summed E-state index contributed by atoms with van der Waals surface area (Å²) in [4.78, 5) is 0.249. The summed E-state index contributed by atoms with van der Waals surface area (Å²) in [5, 5.41) is 11.3. The van der Waals surface area contributed by atoms with Crippen LogP contribution in [0.3, 0.4) is 0 Å². The van der Waals surface area contributed by atoms with Gasteiger partial charge in [0, 0.05) is 25.7 Å². The van der Waals surface area contributed by atoms with E-state index in [1.54, 1.807) is 31.3 Å². The highest BCUT2D eigenvalue weighted by molar-refractivity contribution is 7.89. The zero-order chi connectivity index (χ0) is 16.7. The average molecular weight is 373 g/mol. The summed E-state index contributed by atoms with van der Waals surface area (Å²) in [6.45, 7) is 3.43. The number of nitrogens with two attached hydrogens (primary N) is 1. The van der Waals surface area contributed by atoms with Crippen LogP contribution in [0.15, 0.2) is 29.2 Å². The Morgan fingerprint density at radius 1 is 1.38 bits per heavy atom. The van der Waals surface area contributed by atoms with Gasteiger partial charge in [0.05, 0.1) is 4.90 Å². The first-order valence-corrected chi connectivity index (χ1v) is 8.83. The molecule has 1 unspecified atom stereocenters. The van der Waals surface area contributed by atoms with Crippen LogP contribution >= 0.6 is 12.4 Å². The summed E-state index contributed by atoms with van der Waals surface area (Å²) >= 11 is 0. The second-order valence-electron chi connectivity index (χ2n) is 6.26. The number of tetrazole rings is 1. The van der Waals surface area contributed by atoms with Crippen LogP contribution in [0.25, 0.3) is 11.4 Å². The zero-order valence-corrected chi connectivity index (χ0v) is 15.2. The van der Waals surface area contributed by atoms with Crippen LogP contribution in [-0.4, -0.2) is 52.6 Å². The van der Waals surface area contributed by atoms with Crippen molar-refractivity contribution in [1.82, 2.24) is 24.5 Å².